The van der Waals surface area contributed by atoms with Crippen LogP contribution in [0.5, 0.6) is 0 Å². The molecule has 0 saturated heterocycles. The molecule has 0 unspecified atom stereocenters. The summed E-state index contributed by atoms with van der Waals surface area (Å²) in [5.41, 5.74) is 0.0810. The molecule has 4 heteroatoms. The Kier molecular flexibility index (Phi) is 6.87. The Bertz CT molecular complexity index is 213. The molecular formula is C7H8CrNO2-. The van der Waals surface area contributed by atoms with E-state index in [0.717, 1.165) is 0 Å². The van der Waals surface area contributed by atoms with E-state index in [1.807, 2.05) is 0 Å². The van der Waals surface area contributed by atoms with Gasteiger partial charge in [-0.25, -0.2) is 9.78 Å². The van der Waals surface area contributed by atoms with Crippen LogP contribution in [0.3, 0.4) is 0 Å². The molecule has 0 atom stereocenters. The zero-order valence-electron chi connectivity index (χ0n) is 6.02. The molecular weight excluding hydrogens is 182 g/mol. The number of hydrogen-bond donors (Lipinski definition) is 1. The molecule has 0 radical (unpaired) electrons. The summed E-state index contributed by atoms with van der Waals surface area (Å²) in [6.45, 7) is 0. The summed E-state index contributed by atoms with van der Waals surface area (Å²) >= 11 is 0. The quantitative estimate of drug-likeness (QED) is 0.677. The molecule has 0 aromatic carbocycles. The van der Waals surface area contributed by atoms with Crippen LogP contribution < -0.4 is 0 Å². The van der Waals surface area contributed by atoms with Crippen molar-refractivity contribution in [3.8, 4) is 0 Å². The Morgan fingerprint density at radius 2 is 2.09 bits per heavy atom. The number of rotatable bonds is 1. The van der Waals surface area contributed by atoms with Crippen molar-refractivity contribution in [3.05, 3.63) is 37.5 Å². The molecule has 11 heavy (non-hydrogen) atoms. The summed E-state index contributed by atoms with van der Waals surface area (Å²) in [5.74, 6) is -0.990. The van der Waals surface area contributed by atoms with Crippen LogP contribution in [0.25, 0.3) is 0 Å². The summed E-state index contributed by atoms with van der Waals surface area (Å²) in [6.07, 6.45) is 1.45. The van der Waals surface area contributed by atoms with Gasteiger partial charge >= 0.3 is 5.97 Å². The van der Waals surface area contributed by atoms with E-state index in [1.165, 1.54) is 12.3 Å². The number of aromatic carboxylic acids is 1. The normalized spacial score (nSPS) is 7.27. The van der Waals surface area contributed by atoms with Gasteiger partial charge in [0.25, 0.3) is 0 Å². The van der Waals surface area contributed by atoms with E-state index in [9.17, 15) is 4.79 Å². The third-order valence-electron chi connectivity index (χ3n) is 0.884. The van der Waals surface area contributed by atoms with E-state index in [-0.39, 0.29) is 30.5 Å². The standard InChI is InChI=1S/C6H5NO2.CH3.Cr/c8-6(9)5-3-1-2-4-7-5;;/h1-4H,(H,8,9);1H3;/q;-1;. The Morgan fingerprint density at radius 1 is 1.45 bits per heavy atom. The number of carboxylic acid groups (broad SMARTS) is 1. The molecule has 0 aliphatic heterocycles. The number of hydrogen-bond acceptors (Lipinski definition) is 2. The number of pyridine rings is 1. The van der Waals surface area contributed by atoms with Crippen molar-refractivity contribution >= 4 is 5.97 Å². The van der Waals surface area contributed by atoms with Crippen molar-refractivity contribution < 1.29 is 27.3 Å². The third-order valence-corrected chi connectivity index (χ3v) is 0.884. The van der Waals surface area contributed by atoms with E-state index in [0.29, 0.717) is 0 Å². The molecule has 0 fully saturated rings. The van der Waals surface area contributed by atoms with Gasteiger partial charge in [0.2, 0.25) is 0 Å². The van der Waals surface area contributed by atoms with Gasteiger partial charge in [0.05, 0.1) is 0 Å². The van der Waals surface area contributed by atoms with Gasteiger partial charge in [-0.1, -0.05) is 6.07 Å². The maximum atomic E-state index is 10.1. The Hall–Kier alpha value is -0.848. The molecule has 1 heterocycles. The zero-order chi connectivity index (χ0) is 6.69. The van der Waals surface area contributed by atoms with Crippen LogP contribution in [0.2, 0.25) is 0 Å². The molecule has 3 nitrogen and oxygen atoms in total. The zero-order valence-corrected chi connectivity index (χ0v) is 7.30. The van der Waals surface area contributed by atoms with Crippen molar-refractivity contribution in [1.82, 2.24) is 4.98 Å². The van der Waals surface area contributed by atoms with Gasteiger partial charge in [-0.2, -0.15) is 0 Å². The average Bonchev–Trinajstić information content (AvgIpc) is 1.90. The first kappa shape index (κ1) is 12.8. The van der Waals surface area contributed by atoms with Gasteiger partial charge in [-0.3, -0.25) is 0 Å². The minimum Gasteiger partial charge on any atom is -0.477 e. The van der Waals surface area contributed by atoms with Gasteiger partial charge in [0.1, 0.15) is 5.69 Å². The molecule has 1 aromatic heterocycles. The predicted molar refractivity (Wildman–Crippen MR) is 37.6 cm³/mol. The van der Waals surface area contributed by atoms with Gasteiger partial charge in [0, 0.05) is 23.6 Å². The second-order valence-corrected chi connectivity index (χ2v) is 1.52. The van der Waals surface area contributed by atoms with Gasteiger partial charge in [-0.05, 0) is 12.1 Å². The molecule has 1 N–H and O–H groups in total. The summed E-state index contributed by atoms with van der Waals surface area (Å²) in [4.78, 5) is 13.7. The van der Waals surface area contributed by atoms with Gasteiger partial charge < -0.3 is 12.5 Å². The topological polar surface area (TPSA) is 50.2 Å². The predicted octanol–water partition coefficient (Wildman–Crippen LogP) is 1.23. The van der Waals surface area contributed by atoms with Crippen LogP contribution in [0.15, 0.2) is 24.4 Å². The fourth-order valence-corrected chi connectivity index (χ4v) is 0.489. The van der Waals surface area contributed by atoms with Crippen LogP contribution in [0.1, 0.15) is 10.5 Å². The minimum atomic E-state index is -0.990. The fraction of sp³-hybridized carbons (Fsp3) is 0. The van der Waals surface area contributed by atoms with Crippen molar-refractivity contribution in [2.75, 3.05) is 0 Å². The van der Waals surface area contributed by atoms with E-state index in [4.69, 9.17) is 5.11 Å². The average molecular weight is 190 g/mol. The Labute approximate surface area is 76.2 Å². The summed E-state index contributed by atoms with van der Waals surface area (Å²) in [7, 11) is 0. The molecule has 0 bridgehead atoms. The third kappa shape index (κ3) is 3.76. The van der Waals surface area contributed by atoms with Crippen LogP contribution in [-0.4, -0.2) is 16.1 Å². The maximum Gasteiger partial charge on any atom is 0.354 e. The van der Waals surface area contributed by atoms with E-state index in [2.05, 4.69) is 4.98 Å². The molecule has 0 saturated carbocycles. The second kappa shape index (κ2) is 5.90. The second-order valence-electron chi connectivity index (χ2n) is 1.52. The van der Waals surface area contributed by atoms with Crippen molar-refractivity contribution in [2.45, 2.75) is 0 Å². The first-order valence-electron chi connectivity index (χ1n) is 2.45. The van der Waals surface area contributed by atoms with Gasteiger partial charge in [-0.15, -0.1) is 0 Å². The number of nitrogens with zero attached hydrogens (tertiary/aromatic N) is 1. The van der Waals surface area contributed by atoms with Crippen molar-refractivity contribution in [3.63, 3.8) is 0 Å². The monoisotopic (exact) mass is 190 g/mol. The SMILES string of the molecule is O=C(O)c1ccccn1.[CH3-].[Cr]. The molecule has 0 amide bonds. The van der Waals surface area contributed by atoms with Crippen molar-refractivity contribution in [1.29, 1.82) is 0 Å². The number of aromatic nitrogens is 1. The van der Waals surface area contributed by atoms with Gasteiger partial charge in [0.15, 0.2) is 0 Å². The van der Waals surface area contributed by atoms with Crippen LogP contribution in [0, 0.1) is 7.43 Å². The molecule has 60 valence electrons. The molecule has 0 aliphatic carbocycles. The largest absolute Gasteiger partial charge is 0.477 e. The smallest absolute Gasteiger partial charge is 0.354 e. The summed E-state index contributed by atoms with van der Waals surface area (Å²) in [6, 6.07) is 4.76. The number of carboxylic acids is 1. The van der Waals surface area contributed by atoms with Crippen molar-refractivity contribution in [2.24, 2.45) is 0 Å². The molecule has 0 spiro atoms. The molecule has 1 rings (SSSR count). The maximum absolute atomic E-state index is 10.1. The molecule has 1 aromatic rings. The van der Waals surface area contributed by atoms with Crippen LogP contribution in [-0.2, 0) is 17.4 Å². The summed E-state index contributed by atoms with van der Waals surface area (Å²) in [5, 5.41) is 8.32. The van der Waals surface area contributed by atoms with E-state index in [1.54, 1.807) is 12.1 Å². The number of carbonyl (C=O) groups is 1. The Morgan fingerprint density at radius 3 is 2.36 bits per heavy atom. The fourth-order valence-electron chi connectivity index (χ4n) is 0.489. The molecule has 0 aliphatic rings. The Balaban J connectivity index is 0. The summed E-state index contributed by atoms with van der Waals surface area (Å²) < 4.78 is 0. The van der Waals surface area contributed by atoms with Crippen LogP contribution >= 0.6 is 0 Å². The van der Waals surface area contributed by atoms with E-state index >= 15 is 0 Å². The first-order chi connectivity index (χ1) is 4.30. The minimum absolute atomic E-state index is 0. The van der Waals surface area contributed by atoms with Crippen LogP contribution in [0.4, 0.5) is 0 Å². The van der Waals surface area contributed by atoms with E-state index < -0.39 is 5.97 Å². The first-order valence-corrected chi connectivity index (χ1v) is 2.45.